The van der Waals surface area contributed by atoms with Crippen molar-refractivity contribution in [3.63, 3.8) is 0 Å². The molecule has 0 aliphatic heterocycles. The zero-order valence-corrected chi connectivity index (χ0v) is 10.9. The molecule has 0 bridgehead atoms. The fourth-order valence-corrected chi connectivity index (χ4v) is 2.34. The van der Waals surface area contributed by atoms with Gasteiger partial charge in [0, 0.05) is 6.20 Å². The predicted octanol–water partition coefficient (Wildman–Crippen LogP) is 1.13. The molecule has 3 rings (SSSR count). The van der Waals surface area contributed by atoms with Crippen LogP contribution in [0.15, 0.2) is 29.7 Å². The van der Waals surface area contributed by atoms with Gasteiger partial charge in [0.25, 0.3) is 0 Å². The van der Waals surface area contributed by atoms with Crippen LogP contribution in [0.25, 0.3) is 0 Å². The average Bonchev–Trinajstić information content (AvgIpc) is 3.16. The summed E-state index contributed by atoms with van der Waals surface area (Å²) >= 11 is 1.34. The van der Waals surface area contributed by atoms with Gasteiger partial charge in [-0.25, -0.2) is 4.68 Å². The molecule has 1 aliphatic rings. The molecule has 19 heavy (non-hydrogen) atoms. The van der Waals surface area contributed by atoms with E-state index in [2.05, 4.69) is 25.8 Å². The number of carbonyl (C=O) groups excluding carboxylic acids is 1. The molecule has 2 aromatic heterocycles. The van der Waals surface area contributed by atoms with Gasteiger partial charge in [0.15, 0.2) is 0 Å². The SMILES string of the molecule is O=C(CSc1nnnn1C1CC1)Nc1cccnc1. The van der Waals surface area contributed by atoms with Crippen molar-refractivity contribution in [2.75, 3.05) is 11.1 Å². The molecule has 0 radical (unpaired) electrons. The van der Waals surface area contributed by atoms with E-state index in [4.69, 9.17) is 0 Å². The van der Waals surface area contributed by atoms with Crippen LogP contribution in [0.1, 0.15) is 18.9 Å². The number of thioether (sulfide) groups is 1. The summed E-state index contributed by atoms with van der Waals surface area (Å²) < 4.78 is 1.79. The second kappa shape index (κ2) is 5.35. The van der Waals surface area contributed by atoms with Gasteiger partial charge in [-0.15, -0.1) is 5.10 Å². The van der Waals surface area contributed by atoms with Crippen molar-refractivity contribution >= 4 is 23.4 Å². The fourth-order valence-electron chi connectivity index (χ4n) is 1.59. The van der Waals surface area contributed by atoms with E-state index in [1.807, 2.05) is 0 Å². The van der Waals surface area contributed by atoms with Gasteiger partial charge in [-0.2, -0.15) is 0 Å². The molecule has 2 heterocycles. The van der Waals surface area contributed by atoms with Gasteiger partial charge in [0.1, 0.15) is 0 Å². The summed E-state index contributed by atoms with van der Waals surface area (Å²) in [6.07, 6.45) is 5.49. The maximum absolute atomic E-state index is 11.8. The quantitative estimate of drug-likeness (QED) is 0.824. The number of amides is 1. The Labute approximate surface area is 113 Å². The Kier molecular flexibility index (Phi) is 3.41. The molecular weight excluding hydrogens is 264 g/mol. The van der Waals surface area contributed by atoms with Crippen LogP contribution in [-0.4, -0.2) is 36.9 Å². The molecule has 1 amide bonds. The van der Waals surface area contributed by atoms with Gasteiger partial charge in [-0.1, -0.05) is 11.8 Å². The third kappa shape index (κ3) is 3.08. The van der Waals surface area contributed by atoms with E-state index in [9.17, 15) is 4.79 Å². The van der Waals surface area contributed by atoms with Crippen LogP contribution in [0, 0.1) is 0 Å². The van der Waals surface area contributed by atoms with Gasteiger partial charge in [0.05, 0.1) is 23.7 Å². The first-order valence-corrected chi connectivity index (χ1v) is 6.92. The highest BCUT2D eigenvalue weighted by Crippen LogP contribution is 2.36. The molecule has 0 atom stereocenters. The van der Waals surface area contributed by atoms with Crippen molar-refractivity contribution in [1.82, 2.24) is 25.2 Å². The topological polar surface area (TPSA) is 85.6 Å². The van der Waals surface area contributed by atoms with Gasteiger partial charge < -0.3 is 5.32 Å². The monoisotopic (exact) mass is 276 g/mol. The Morgan fingerprint density at radius 3 is 3.16 bits per heavy atom. The number of anilines is 1. The molecule has 0 unspecified atom stereocenters. The lowest BCUT2D eigenvalue weighted by atomic mass is 10.4. The van der Waals surface area contributed by atoms with Crippen LogP contribution in [0.2, 0.25) is 0 Å². The van der Waals surface area contributed by atoms with Crippen LogP contribution in [-0.2, 0) is 4.79 Å². The second-order valence-corrected chi connectivity index (χ2v) is 5.16. The zero-order valence-electron chi connectivity index (χ0n) is 10.1. The first kappa shape index (κ1) is 12.1. The van der Waals surface area contributed by atoms with E-state index in [0.717, 1.165) is 12.8 Å². The highest BCUT2D eigenvalue weighted by molar-refractivity contribution is 7.99. The molecular formula is C11H12N6OS. The number of carbonyl (C=O) groups is 1. The highest BCUT2D eigenvalue weighted by atomic mass is 32.2. The molecule has 1 N–H and O–H groups in total. The molecule has 7 nitrogen and oxygen atoms in total. The maximum Gasteiger partial charge on any atom is 0.234 e. The Balaban J connectivity index is 1.54. The smallest absolute Gasteiger partial charge is 0.234 e. The van der Waals surface area contributed by atoms with E-state index >= 15 is 0 Å². The summed E-state index contributed by atoms with van der Waals surface area (Å²) in [7, 11) is 0. The van der Waals surface area contributed by atoms with Crippen LogP contribution < -0.4 is 5.32 Å². The van der Waals surface area contributed by atoms with E-state index in [1.54, 1.807) is 29.2 Å². The van der Waals surface area contributed by atoms with Gasteiger partial charge in [-0.3, -0.25) is 9.78 Å². The van der Waals surface area contributed by atoms with E-state index in [0.29, 0.717) is 16.9 Å². The van der Waals surface area contributed by atoms with Crippen LogP contribution in [0.5, 0.6) is 0 Å². The highest BCUT2D eigenvalue weighted by Gasteiger charge is 2.28. The normalized spacial score (nSPS) is 14.3. The summed E-state index contributed by atoms with van der Waals surface area (Å²) in [4.78, 5) is 15.7. The van der Waals surface area contributed by atoms with Gasteiger partial charge in [0.2, 0.25) is 11.1 Å². The molecule has 0 saturated heterocycles. The van der Waals surface area contributed by atoms with Gasteiger partial charge >= 0.3 is 0 Å². The van der Waals surface area contributed by atoms with Crippen LogP contribution in [0.3, 0.4) is 0 Å². The average molecular weight is 276 g/mol. The summed E-state index contributed by atoms with van der Waals surface area (Å²) in [6.45, 7) is 0. The van der Waals surface area contributed by atoms with Crippen molar-refractivity contribution in [2.24, 2.45) is 0 Å². The Morgan fingerprint density at radius 1 is 1.53 bits per heavy atom. The van der Waals surface area contributed by atoms with Crippen molar-refractivity contribution in [3.8, 4) is 0 Å². The van der Waals surface area contributed by atoms with Crippen molar-refractivity contribution < 1.29 is 4.79 Å². The minimum atomic E-state index is -0.0941. The van der Waals surface area contributed by atoms with Crippen molar-refractivity contribution in [1.29, 1.82) is 0 Å². The number of aromatic nitrogens is 5. The molecule has 0 aromatic carbocycles. The number of rotatable bonds is 5. The van der Waals surface area contributed by atoms with Crippen molar-refractivity contribution in [3.05, 3.63) is 24.5 Å². The molecule has 0 spiro atoms. The minimum absolute atomic E-state index is 0.0941. The number of pyridine rings is 1. The standard InChI is InChI=1S/C11H12N6OS/c18-10(13-8-2-1-5-12-6-8)7-19-11-14-15-16-17(11)9-3-4-9/h1-2,5-6,9H,3-4,7H2,(H,13,18). The van der Waals surface area contributed by atoms with E-state index in [-0.39, 0.29) is 11.7 Å². The predicted molar refractivity (Wildman–Crippen MR) is 69.7 cm³/mol. The van der Waals surface area contributed by atoms with Crippen LogP contribution >= 0.6 is 11.8 Å². The fraction of sp³-hybridized carbons (Fsp3) is 0.364. The van der Waals surface area contributed by atoms with E-state index in [1.165, 1.54) is 11.8 Å². The minimum Gasteiger partial charge on any atom is -0.324 e. The maximum atomic E-state index is 11.8. The molecule has 1 fully saturated rings. The number of hydrogen-bond donors (Lipinski definition) is 1. The van der Waals surface area contributed by atoms with E-state index < -0.39 is 0 Å². The third-order valence-electron chi connectivity index (χ3n) is 2.63. The third-order valence-corrected chi connectivity index (χ3v) is 3.57. The summed E-state index contributed by atoms with van der Waals surface area (Å²) in [5.74, 6) is 0.186. The molecule has 1 aliphatic carbocycles. The molecule has 2 aromatic rings. The lowest BCUT2D eigenvalue weighted by Gasteiger charge is -2.04. The van der Waals surface area contributed by atoms with Crippen molar-refractivity contribution in [2.45, 2.75) is 24.0 Å². The Morgan fingerprint density at radius 2 is 2.42 bits per heavy atom. The molecule has 1 saturated carbocycles. The second-order valence-electron chi connectivity index (χ2n) is 4.22. The number of hydrogen-bond acceptors (Lipinski definition) is 6. The first-order valence-electron chi connectivity index (χ1n) is 5.93. The first-order chi connectivity index (χ1) is 9.33. The zero-order chi connectivity index (χ0) is 13.1. The molecule has 8 heteroatoms. The van der Waals surface area contributed by atoms with Gasteiger partial charge in [-0.05, 0) is 35.4 Å². The summed E-state index contributed by atoms with van der Waals surface area (Å²) in [6, 6.07) is 3.99. The molecule has 98 valence electrons. The number of nitrogens with zero attached hydrogens (tertiary/aromatic N) is 5. The number of nitrogens with one attached hydrogen (secondary N) is 1. The lowest BCUT2D eigenvalue weighted by molar-refractivity contribution is -0.113. The van der Waals surface area contributed by atoms with Crippen LogP contribution in [0.4, 0.5) is 5.69 Å². The summed E-state index contributed by atoms with van der Waals surface area (Å²) in [5, 5.41) is 15.0. The Bertz CT molecular complexity index is 568. The number of tetrazole rings is 1. The Hall–Kier alpha value is -1.96. The lowest BCUT2D eigenvalue weighted by Crippen LogP contribution is -2.14. The largest absolute Gasteiger partial charge is 0.324 e. The summed E-state index contributed by atoms with van der Waals surface area (Å²) in [5.41, 5.74) is 0.690.